The number of nitrogens with one attached hydrogen (secondary N) is 1. The summed E-state index contributed by atoms with van der Waals surface area (Å²) in [5.41, 5.74) is 3.34. The van der Waals surface area contributed by atoms with E-state index >= 15 is 0 Å². The van der Waals surface area contributed by atoms with Crippen LogP contribution >= 0.6 is 0 Å². The molecule has 1 N–H and O–H groups in total. The quantitative estimate of drug-likeness (QED) is 0.264. The van der Waals surface area contributed by atoms with Gasteiger partial charge in [0.15, 0.2) is 0 Å². The Morgan fingerprint density at radius 1 is 0.732 bits per heavy atom. The first-order valence-electron chi connectivity index (χ1n) is 13.3. The molecule has 2 amide bonds. The molecule has 3 aromatic carbocycles. The Bertz CT molecular complexity index is 1500. The zero-order chi connectivity index (χ0) is 29.1. The third kappa shape index (κ3) is 9.09. The average Bonchev–Trinajstić information content (AvgIpc) is 2.99. The monoisotopic (exact) mass is 570 g/mol. The van der Waals surface area contributed by atoms with Gasteiger partial charge in [0.1, 0.15) is 6.04 Å². The molecule has 4 rings (SSSR count). The van der Waals surface area contributed by atoms with Gasteiger partial charge >= 0.3 is 0 Å². The van der Waals surface area contributed by atoms with Crippen LogP contribution in [0.15, 0.2) is 116 Å². The van der Waals surface area contributed by atoms with Gasteiger partial charge in [0.25, 0.3) is 0 Å². The molecule has 1 heterocycles. The van der Waals surface area contributed by atoms with Crippen LogP contribution in [0.3, 0.4) is 0 Å². The fourth-order valence-electron chi connectivity index (χ4n) is 4.46. The number of nitrogens with zero attached hydrogens (tertiary/aromatic N) is 3. The van der Waals surface area contributed by atoms with E-state index in [2.05, 4.69) is 10.3 Å². The highest BCUT2D eigenvalue weighted by atomic mass is 32.2. The standard InChI is InChI=1S/C32H34N4O4S/c1-41(39,40)35(23-28-13-7-3-8-14-28)25-31(37)36(24-29-15-9-4-10-16-29)30(21-26-11-5-2-6-12-26)32(38)34-22-27-17-19-33-20-18-27/h2-20,30H,21-25H2,1H3,(H,34,38). The van der Waals surface area contributed by atoms with E-state index in [-0.39, 0.29) is 32.0 Å². The number of carbonyl (C=O) groups excluding carboxylic acids is 2. The van der Waals surface area contributed by atoms with E-state index in [0.717, 1.165) is 32.8 Å². The van der Waals surface area contributed by atoms with E-state index in [4.69, 9.17) is 0 Å². The van der Waals surface area contributed by atoms with Crippen LogP contribution in [-0.4, -0.2) is 53.3 Å². The van der Waals surface area contributed by atoms with Crippen molar-refractivity contribution in [1.82, 2.24) is 19.5 Å². The van der Waals surface area contributed by atoms with E-state index in [1.165, 1.54) is 4.90 Å². The van der Waals surface area contributed by atoms with E-state index in [1.54, 1.807) is 12.4 Å². The summed E-state index contributed by atoms with van der Waals surface area (Å²) >= 11 is 0. The van der Waals surface area contributed by atoms with E-state index in [9.17, 15) is 18.0 Å². The van der Waals surface area contributed by atoms with Gasteiger partial charge in [-0.3, -0.25) is 14.6 Å². The van der Waals surface area contributed by atoms with Crippen molar-refractivity contribution in [3.8, 4) is 0 Å². The van der Waals surface area contributed by atoms with Crippen LogP contribution in [0.4, 0.5) is 0 Å². The van der Waals surface area contributed by atoms with Crippen LogP contribution < -0.4 is 5.32 Å². The molecule has 0 saturated carbocycles. The second-order valence-electron chi connectivity index (χ2n) is 9.80. The molecule has 0 aliphatic rings. The lowest BCUT2D eigenvalue weighted by Gasteiger charge is -2.33. The third-order valence-electron chi connectivity index (χ3n) is 6.67. The van der Waals surface area contributed by atoms with Crippen LogP contribution in [0.2, 0.25) is 0 Å². The van der Waals surface area contributed by atoms with Crippen molar-refractivity contribution in [3.63, 3.8) is 0 Å². The van der Waals surface area contributed by atoms with Crippen LogP contribution in [0.25, 0.3) is 0 Å². The van der Waals surface area contributed by atoms with Crippen LogP contribution in [-0.2, 0) is 45.7 Å². The molecule has 212 valence electrons. The highest BCUT2D eigenvalue weighted by Crippen LogP contribution is 2.17. The minimum absolute atomic E-state index is 0.0438. The Morgan fingerprint density at radius 3 is 1.78 bits per heavy atom. The van der Waals surface area contributed by atoms with Gasteiger partial charge < -0.3 is 10.2 Å². The number of carbonyl (C=O) groups is 2. The van der Waals surface area contributed by atoms with Crippen molar-refractivity contribution in [2.75, 3.05) is 12.8 Å². The fourth-order valence-corrected chi connectivity index (χ4v) is 5.19. The lowest BCUT2D eigenvalue weighted by atomic mass is 10.0. The number of aromatic nitrogens is 1. The number of hydrogen-bond acceptors (Lipinski definition) is 5. The highest BCUT2D eigenvalue weighted by Gasteiger charge is 2.32. The molecule has 1 atom stereocenters. The molecule has 0 bridgehead atoms. The molecule has 0 fully saturated rings. The predicted molar refractivity (Wildman–Crippen MR) is 159 cm³/mol. The van der Waals surface area contributed by atoms with Crippen LogP contribution in [0.5, 0.6) is 0 Å². The van der Waals surface area contributed by atoms with Gasteiger partial charge in [-0.05, 0) is 34.4 Å². The van der Waals surface area contributed by atoms with Gasteiger partial charge in [0.2, 0.25) is 21.8 Å². The maximum Gasteiger partial charge on any atom is 0.243 e. The zero-order valence-electron chi connectivity index (χ0n) is 23.0. The number of amides is 2. The second kappa shape index (κ2) is 14.3. The van der Waals surface area contributed by atoms with Crippen molar-refractivity contribution in [3.05, 3.63) is 138 Å². The first-order chi connectivity index (χ1) is 19.8. The summed E-state index contributed by atoms with van der Waals surface area (Å²) in [7, 11) is -3.74. The van der Waals surface area contributed by atoms with E-state index in [1.807, 2.05) is 103 Å². The average molecular weight is 571 g/mol. The lowest BCUT2D eigenvalue weighted by Crippen LogP contribution is -2.53. The molecule has 1 unspecified atom stereocenters. The summed E-state index contributed by atoms with van der Waals surface area (Å²) in [6.45, 7) is 0.0535. The maximum atomic E-state index is 14.0. The molecule has 0 spiro atoms. The summed E-state index contributed by atoms with van der Waals surface area (Å²) in [6, 6.07) is 30.7. The first kappa shape index (κ1) is 29.6. The summed E-state index contributed by atoms with van der Waals surface area (Å²) in [4.78, 5) is 33.3. The fraction of sp³-hybridized carbons (Fsp3) is 0.219. The zero-order valence-corrected chi connectivity index (χ0v) is 23.8. The lowest BCUT2D eigenvalue weighted by molar-refractivity contribution is -0.141. The largest absolute Gasteiger partial charge is 0.350 e. The topological polar surface area (TPSA) is 99.7 Å². The number of rotatable bonds is 13. The van der Waals surface area contributed by atoms with E-state index < -0.39 is 28.5 Å². The summed E-state index contributed by atoms with van der Waals surface area (Å²) in [5, 5.41) is 2.97. The number of benzene rings is 3. The molecule has 41 heavy (non-hydrogen) atoms. The predicted octanol–water partition coefficient (Wildman–Crippen LogP) is 3.80. The van der Waals surface area contributed by atoms with Crippen LogP contribution in [0.1, 0.15) is 22.3 Å². The molecule has 0 aliphatic carbocycles. The Kier molecular flexibility index (Phi) is 10.4. The Morgan fingerprint density at radius 2 is 1.24 bits per heavy atom. The molecule has 8 nitrogen and oxygen atoms in total. The second-order valence-corrected chi connectivity index (χ2v) is 11.8. The molecule has 4 aromatic rings. The van der Waals surface area contributed by atoms with Crippen molar-refractivity contribution < 1.29 is 18.0 Å². The van der Waals surface area contributed by atoms with E-state index in [0.29, 0.717) is 0 Å². The SMILES string of the molecule is CS(=O)(=O)N(CC(=O)N(Cc1ccccc1)C(Cc1ccccc1)C(=O)NCc1ccncc1)Cc1ccccc1. The number of hydrogen-bond donors (Lipinski definition) is 1. The molecular formula is C32H34N4O4S. The first-order valence-corrected chi connectivity index (χ1v) is 15.2. The smallest absolute Gasteiger partial charge is 0.243 e. The third-order valence-corrected chi connectivity index (χ3v) is 7.86. The molecular weight excluding hydrogens is 536 g/mol. The van der Waals surface area contributed by atoms with Gasteiger partial charge in [-0.25, -0.2) is 8.42 Å². The summed E-state index contributed by atoms with van der Waals surface area (Å²) in [6.07, 6.45) is 4.66. The molecule has 0 radical (unpaired) electrons. The van der Waals surface area contributed by atoms with Gasteiger partial charge in [0.05, 0.1) is 12.8 Å². The highest BCUT2D eigenvalue weighted by molar-refractivity contribution is 7.88. The van der Waals surface area contributed by atoms with Crippen molar-refractivity contribution >= 4 is 21.8 Å². The van der Waals surface area contributed by atoms with Crippen molar-refractivity contribution in [1.29, 1.82) is 0 Å². The minimum Gasteiger partial charge on any atom is -0.350 e. The normalized spacial score (nSPS) is 12.0. The van der Waals surface area contributed by atoms with Crippen LogP contribution in [0, 0.1) is 0 Å². The maximum absolute atomic E-state index is 14.0. The number of sulfonamides is 1. The van der Waals surface area contributed by atoms with Gasteiger partial charge in [-0.2, -0.15) is 4.31 Å². The molecule has 0 saturated heterocycles. The van der Waals surface area contributed by atoms with Crippen molar-refractivity contribution in [2.24, 2.45) is 0 Å². The van der Waals surface area contributed by atoms with Crippen molar-refractivity contribution in [2.45, 2.75) is 32.1 Å². The Labute approximate surface area is 241 Å². The number of pyridine rings is 1. The molecule has 0 aliphatic heterocycles. The Hall–Kier alpha value is -4.34. The molecule has 1 aromatic heterocycles. The Balaban J connectivity index is 1.66. The summed E-state index contributed by atoms with van der Waals surface area (Å²) in [5.74, 6) is -0.792. The van der Waals surface area contributed by atoms with Gasteiger partial charge in [0, 0.05) is 38.4 Å². The summed E-state index contributed by atoms with van der Waals surface area (Å²) < 4.78 is 26.7. The van der Waals surface area contributed by atoms with Gasteiger partial charge in [-0.1, -0.05) is 91.0 Å². The minimum atomic E-state index is -3.74. The molecule has 9 heteroatoms. The van der Waals surface area contributed by atoms with Gasteiger partial charge in [-0.15, -0.1) is 0 Å².